The van der Waals surface area contributed by atoms with Gasteiger partial charge in [0.05, 0.1) is 6.20 Å². The van der Waals surface area contributed by atoms with Gasteiger partial charge in [0.2, 0.25) is 0 Å². The Morgan fingerprint density at radius 2 is 2.07 bits per heavy atom. The van der Waals surface area contributed by atoms with Crippen molar-refractivity contribution in [1.29, 1.82) is 0 Å². The van der Waals surface area contributed by atoms with Gasteiger partial charge in [-0.3, -0.25) is 4.79 Å². The van der Waals surface area contributed by atoms with Crippen LogP contribution in [0.3, 0.4) is 0 Å². The van der Waals surface area contributed by atoms with E-state index in [0.29, 0.717) is 18.6 Å². The molecule has 0 aliphatic heterocycles. The van der Waals surface area contributed by atoms with Crippen molar-refractivity contribution in [3.05, 3.63) is 47.7 Å². The molecule has 0 bridgehead atoms. The molecule has 15 heavy (non-hydrogen) atoms. The minimum atomic E-state index is 0.222. The zero-order valence-corrected chi connectivity index (χ0v) is 7.88. The first-order chi connectivity index (χ1) is 7.28. The Morgan fingerprint density at radius 1 is 1.33 bits per heavy atom. The molecule has 0 saturated carbocycles. The molecule has 0 atom stereocenters. The van der Waals surface area contributed by atoms with Gasteiger partial charge in [-0.05, 0) is 17.7 Å². The number of carbonyl (C=O) groups excluding carboxylic acids is 1. The lowest BCUT2D eigenvalue weighted by Gasteiger charge is -1.97. The molecule has 2 rings (SSSR count). The van der Waals surface area contributed by atoms with Crippen LogP contribution in [0.4, 0.5) is 0 Å². The predicted molar refractivity (Wildman–Crippen MR) is 52.8 cm³/mol. The smallest absolute Gasteiger partial charge is 0.199 e. The highest BCUT2D eigenvalue weighted by molar-refractivity contribution is 5.69. The second-order valence-electron chi connectivity index (χ2n) is 3.12. The fourth-order valence-corrected chi connectivity index (χ4v) is 1.25. The van der Waals surface area contributed by atoms with Crippen LogP contribution in [-0.4, -0.2) is 16.4 Å². The van der Waals surface area contributed by atoms with Gasteiger partial charge in [-0.2, -0.15) is 0 Å². The standard InChI is InChI=1S/C11H9NO3/c13-7-10-6-12-11(15-10)5-8-1-3-9(14)4-2-8/h1-4,6-7,14H,5H2. The summed E-state index contributed by atoms with van der Waals surface area (Å²) < 4.78 is 5.13. The predicted octanol–water partition coefficient (Wildman–Crippen LogP) is 1.78. The van der Waals surface area contributed by atoms with Gasteiger partial charge in [0, 0.05) is 6.42 Å². The van der Waals surface area contributed by atoms with Gasteiger partial charge >= 0.3 is 0 Å². The number of rotatable bonds is 3. The third-order valence-corrected chi connectivity index (χ3v) is 1.98. The van der Waals surface area contributed by atoms with E-state index in [1.165, 1.54) is 6.20 Å². The molecule has 0 unspecified atom stereocenters. The maximum absolute atomic E-state index is 10.4. The average Bonchev–Trinajstić information content (AvgIpc) is 2.69. The Labute approximate surface area is 86.2 Å². The van der Waals surface area contributed by atoms with Crippen molar-refractivity contribution in [2.75, 3.05) is 0 Å². The Kier molecular flexibility index (Phi) is 2.49. The van der Waals surface area contributed by atoms with Gasteiger partial charge in [0.1, 0.15) is 5.75 Å². The van der Waals surface area contributed by atoms with E-state index in [9.17, 15) is 4.79 Å². The van der Waals surface area contributed by atoms with Crippen LogP contribution in [0.25, 0.3) is 0 Å². The maximum Gasteiger partial charge on any atom is 0.199 e. The molecule has 1 aromatic heterocycles. The van der Waals surface area contributed by atoms with Gasteiger partial charge in [-0.25, -0.2) is 4.98 Å². The molecule has 4 nitrogen and oxygen atoms in total. The number of phenols is 1. The number of aromatic hydroxyl groups is 1. The fourth-order valence-electron chi connectivity index (χ4n) is 1.25. The van der Waals surface area contributed by atoms with Crippen LogP contribution >= 0.6 is 0 Å². The van der Waals surface area contributed by atoms with E-state index >= 15 is 0 Å². The molecule has 0 aliphatic carbocycles. The summed E-state index contributed by atoms with van der Waals surface area (Å²) in [5.41, 5.74) is 0.965. The van der Waals surface area contributed by atoms with Gasteiger partial charge in [0.15, 0.2) is 17.9 Å². The molecule has 1 heterocycles. The summed E-state index contributed by atoms with van der Waals surface area (Å²) in [7, 11) is 0. The summed E-state index contributed by atoms with van der Waals surface area (Å²) >= 11 is 0. The molecule has 0 aliphatic rings. The molecular formula is C11H9NO3. The van der Waals surface area contributed by atoms with Crippen molar-refractivity contribution in [1.82, 2.24) is 4.98 Å². The van der Waals surface area contributed by atoms with E-state index in [-0.39, 0.29) is 11.5 Å². The van der Waals surface area contributed by atoms with E-state index in [1.807, 2.05) is 0 Å². The van der Waals surface area contributed by atoms with Crippen molar-refractivity contribution in [2.45, 2.75) is 6.42 Å². The first-order valence-electron chi connectivity index (χ1n) is 4.46. The first kappa shape index (κ1) is 9.45. The third-order valence-electron chi connectivity index (χ3n) is 1.98. The Hall–Kier alpha value is -2.10. The van der Waals surface area contributed by atoms with E-state index in [0.717, 1.165) is 5.56 Å². The molecule has 4 heteroatoms. The summed E-state index contributed by atoms with van der Waals surface area (Å²) in [6.45, 7) is 0. The number of hydrogen-bond donors (Lipinski definition) is 1. The molecule has 0 amide bonds. The van der Waals surface area contributed by atoms with E-state index < -0.39 is 0 Å². The molecule has 0 radical (unpaired) electrons. The second-order valence-corrected chi connectivity index (χ2v) is 3.12. The zero-order valence-electron chi connectivity index (χ0n) is 7.88. The Morgan fingerprint density at radius 3 is 2.67 bits per heavy atom. The molecule has 1 N–H and O–H groups in total. The largest absolute Gasteiger partial charge is 0.508 e. The van der Waals surface area contributed by atoms with Crippen molar-refractivity contribution < 1.29 is 14.3 Å². The lowest BCUT2D eigenvalue weighted by atomic mass is 10.1. The van der Waals surface area contributed by atoms with E-state index in [2.05, 4.69) is 4.98 Å². The second kappa shape index (κ2) is 3.96. The van der Waals surface area contributed by atoms with Gasteiger partial charge in [-0.1, -0.05) is 12.1 Å². The molecule has 2 aromatic rings. The molecule has 0 saturated heterocycles. The number of oxazole rings is 1. The highest BCUT2D eigenvalue weighted by atomic mass is 16.4. The summed E-state index contributed by atoms with van der Waals surface area (Å²) in [6.07, 6.45) is 2.52. The zero-order chi connectivity index (χ0) is 10.7. The van der Waals surface area contributed by atoms with Crippen LogP contribution in [0.1, 0.15) is 22.0 Å². The van der Waals surface area contributed by atoms with Gasteiger partial charge < -0.3 is 9.52 Å². The van der Waals surface area contributed by atoms with Crippen molar-refractivity contribution in [3.8, 4) is 5.75 Å². The van der Waals surface area contributed by atoms with Crippen molar-refractivity contribution in [2.24, 2.45) is 0 Å². The highest BCUT2D eigenvalue weighted by Crippen LogP contribution is 2.13. The van der Waals surface area contributed by atoms with Gasteiger partial charge in [0.25, 0.3) is 0 Å². The summed E-state index contributed by atoms with van der Waals surface area (Å²) in [5, 5.41) is 9.08. The van der Waals surface area contributed by atoms with Crippen LogP contribution in [0.2, 0.25) is 0 Å². The number of aromatic nitrogens is 1. The first-order valence-corrected chi connectivity index (χ1v) is 4.46. The van der Waals surface area contributed by atoms with E-state index in [4.69, 9.17) is 9.52 Å². The molecular weight excluding hydrogens is 194 g/mol. The minimum absolute atomic E-state index is 0.222. The van der Waals surface area contributed by atoms with Gasteiger partial charge in [-0.15, -0.1) is 0 Å². The molecule has 76 valence electrons. The fraction of sp³-hybridized carbons (Fsp3) is 0.0909. The van der Waals surface area contributed by atoms with Crippen LogP contribution in [0.5, 0.6) is 5.75 Å². The Bertz CT molecular complexity index is 459. The summed E-state index contributed by atoms with van der Waals surface area (Å²) in [4.78, 5) is 14.3. The lowest BCUT2D eigenvalue weighted by molar-refractivity contribution is 0.109. The maximum atomic E-state index is 10.4. The normalized spacial score (nSPS) is 10.1. The topological polar surface area (TPSA) is 63.3 Å². The monoisotopic (exact) mass is 203 g/mol. The number of carbonyl (C=O) groups is 1. The summed E-state index contributed by atoms with van der Waals surface area (Å²) in [6, 6.07) is 6.75. The SMILES string of the molecule is O=Cc1cnc(Cc2ccc(O)cc2)o1. The Balaban J connectivity index is 2.14. The number of phenolic OH excluding ortho intramolecular Hbond substituents is 1. The molecule has 0 fully saturated rings. The molecule has 1 aromatic carbocycles. The number of nitrogens with zero attached hydrogens (tertiary/aromatic N) is 1. The number of aldehydes is 1. The van der Waals surface area contributed by atoms with Crippen LogP contribution in [0.15, 0.2) is 34.9 Å². The number of hydrogen-bond acceptors (Lipinski definition) is 4. The van der Waals surface area contributed by atoms with Crippen LogP contribution in [0, 0.1) is 0 Å². The quantitative estimate of drug-likeness (QED) is 0.772. The van der Waals surface area contributed by atoms with Crippen molar-refractivity contribution in [3.63, 3.8) is 0 Å². The molecule has 0 spiro atoms. The van der Waals surface area contributed by atoms with Crippen LogP contribution < -0.4 is 0 Å². The van der Waals surface area contributed by atoms with Crippen LogP contribution in [-0.2, 0) is 6.42 Å². The summed E-state index contributed by atoms with van der Waals surface area (Å²) in [5.74, 6) is 0.936. The average molecular weight is 203 g/mol. The number of benzene rings is 1. The minimum Gasteiger partial charge on any atom is -0.508 e. The lowest BCUT2D eigenvalue weighted by Crippen LogP contribution is -1.86. The van der Waals surface area contributed by atoms with E-state index in [1.54, 1.807) is 24.3 Å². The highest BCUT2D eigenvalue weighted by Gasteiger charge is 2.03. The third kappa shape index (κ3) is 2.22. The van der Waals surface area contributed by atoms with Crippen molar-refractivity contribution >= 4 is 6.29 Å².